The standard InChI is InChI=1S/C24H24N2O3S2/c1-17-7-10-20(11-8-17)30-14-4-6-23(27)26(16-19-5-3-13-29-19)24-25-21-12-9-18(28-2)15-22(21)31-24/h3,5,7-13,15H,4,6,14,16H2,1-2H3. The van der Waals surface area contributed by atoms with E-state index in [1.165, 1.54) is 21.8 Å². The molecule has 0 fully saturated rings. The molecule has 31 heavy (non-hydrogen) atoms. The van der Waals surface area contributed by atoms with Crippen LogP contribution in [-0.2, 0) is 11.3 Å². The summed E-state index contributed by atoms with van der Waals surface area (Å²) in [6, 6.07) is 17.9. The van der Waals surface area contributed by atoms with Gasteiger partial charge in [-0.05, 0) is 61.6 Å². The van der Waals surface area contributed by atoms with E-state index in [1.807, 2.05) is 30.3 Å². The summed E-state index contributed by atoms with van der Waals surface area (Å²) in [6.45, 7) is 2.45. The van der Waals surface area contributed by atoms with E-state index >= 15 is 0 Å². The first-order chi connectivity index (χ1) is 15.1. The predicted molar refractivity (Wildman–Crippen MR) is 127 cm³/mol. The van der Waals surface area contributed by atoms with Gasteiger partial charge in [0.2, 0.25) is 5.91 Å². The van der Waals surface area contributed by atoms with E-state index in [9.17, 15) is 4.79 Å². The highest BCUT2D eigenvalue weighted by molar-refractivity contribution is 7.99. The maximum absolute atomic E-state index is 13.1. The van der Waals surface area contributed by atoms with Crippen molar-refractivity contribution in [2.24, 2.45) is 0 Å². The second-order valence-corrected chi connectivity index (χ2v) is 9.33. The maximum atomic E-state index is 13.1. The zero-order valence-electron chi connectivity index (χ0n) is 17.5. The van der Waals surface area contributed by atoms with Gasteiger partial charge in [-0.3, -0.25) is 9.69 Å². The molecule has 0 saturated carbocycles. The van der Waals surface area contributed by atoms with Crippen molar-refractivity contribution in [1.29, 1.82) is 0 Å². The van der Waals surface area contributed by atoms with Crippen molar-refractivity contribution in [1.82, 2.24) is 4.98 Å². The van der Waals surface area contributed by atoms with Gasteiger partial charge in [-0.15, -0.1) is 11.8 Å². The van der Waals surface area contributed by atoms with Crippen LogP contribution in [0.3, 0.4) is 0 Å². The average Bonchev–Trinajstić information content (AvgIpc) is 3.45. The van der Waals surface area contributed by atoms with Gasteiger partial charge in [0.05, 0.1) is 30.1 Å². The monoisotopic (exact) mass is 452 g/mol. The lowest BCUT2D eigenvalue weighted by Crippen LogP contribution is -2.30. The number of furan rings is 1. The molecule has 0 saturated heterocycles. The highest BCUT2D eigenvalue weighted by Gasteiger charge is 2.21. The Morgan fingerprint density at radius 1 is 1.19 bits per heavy atom. The van der Waals surface area contributed by atoms with Crippen LogP contribution >= 0.6 is 23.1 Å². The second kappa shape index (κ2) is 10.0. The third-order valence-corrected chi connectivity index (χ3v) is 6.97. The van der Waals surface area contributed by atoms with Gasteiger partial charge >= 0.3 is 0 Å². The Kier molecular flexibility index (Phi) is 6.94. The number of nitrogens with zero attached hydrogens (tertiary/aromatic N) is 2. The molecule has 2 aromatic carbocycles. The largest absolute Gasteiger partial charge is 0.497 e. The maximum Gasteiger partial charge on any atom is 0.229 e. The lowest BCUT2D eigenvalue weighted by Gasteiger charge is -2.18. The van der Waals surface area contributed by atoms with Crippen LogP contribution in [0, 0.1) is 6.92 Å². The molecule has 0 N–H and O–H groups in total. The lowest BCUT2D eigenvalue weighted by molar-refractivity contribution is -0.118. The fourth-order valence-electron chi connectivity index (χ4n) is 3.14. The van der Waals surface area contributed by atoms with Gasteiger partial charge in [-0.25, -0.2) is 4.98 Å². The first-order valence-corrected chi connectivity index (χ1v) is 11.9. The van der Waals surface area contributed by atoms with Gasteiger partial charge in [0, 0.05) is 11.3 Å². The first kappa shape index (κ1) is 21.5. The van der Waals surface area contributed by atoms with E-state index in [0.717, 1.165) is 33.9 Å². The average molecular weight is 453 g/mol. The number of aryl methyl sites for hydroxylation is 1. The highest BCUT2D eigenvalue weighted by atomic mass is 32.2. The summed E-state index contributed by atoms with van der Waals surface area (Å²) >= 11 is 3.27. The van der Waals surface area contributed by atoms with E-state index in [4.69, 9.17) is 14.1 Å². The molecule has 160 valence electrons. The minimum atomic E-state index is 0.0481. The number of carbonyl (C=O) groups is 1. The van der Waals surface area contributed by atoms with E-state index in [2.05, 4.69) is 31.2 Å². The quantitative estimate of drug-likeness (QED) is 0.220. The molecule has 0 aliphatic rings. The number of fused-ring (bicyclic) bond motifs is 1. The van der Waals surface area contributed by atoms with E-state index < -0.39 is 0 Å². The van der Waals surface area contributed by atoms with Gasteiger partial charge in [-0.2, -0.15) is 0 Å². The van der Waals surface area contributed by atoms with Crippen molar-refractivity contribution < 1.29 is 13.9 Å². The number of rotatable bonds is 9. The van der Waals surface area contributed by atoms with Crippen LogP contribution in [-0.4, -0.2) is 23.8 Å². The van der Waals surface area contributed by atoms with E-state index in [1.54, 1.807) is 30.0 Å². The van der Waals surface area contributed by atoms with Crippen LogP contribution < -0.4 is 9.64 Å². The van der Waals surface area contributed by atoms with Crippen LogP contribution in [0.25, 0.3) is 10.2 Å². The van der Waals surface area contributed by atoms with Crippen molar-refractivity contribution in [2.75, 3.05) is 17.8 Å². The lowest BCUT2D eigenvalue weighted by atomic mass is 10.2. The minimum Gasteiger partial charge on any atom is -0.497 e. The molecule has 0 unspecified atom stereocenters. The number of aromatic nitrogens is 1. The molecule has 0 bridgehead atoms. The zero-order valence-corrected chi connectivity index (χ0v) is 19.2. The Bertz CT molecular complexity index is 1140. The van der Waals surface area contributed by atoms with Gasteiger partial charge in [0.25, 0.3) is 0 Å². The molecular formula is C24H24N2O3S2. The highest BCUT2D eigenvalue weighted by Crippen LogP contribution is 2.33. The number of amides is 1. The van der Waals surface area contributed by atoms with Crippen LogP contribution in [0.4, 0.5) is 5.13 Å². The number of benzene rings is 2. The van der Waals surface area contributed by atoms with Crippen LogP contribution in [0.5, 0.6) is 5.75 Å². The van der Waals surface area contributed by atoms with Crippen molar-refractivity contribution >= 4 is 44.4 Å². The Balaban J connectivity index is 1.45. The minimum absolute atomic E-state index is 0.0481. The fourth-order valence-corrected chi connectivity index (χ4v) is 5.00. The molecule has 0 aliphatic heterocycles. The number of carbonyl (C=O) groups excluding carboxylic acids is 1. The summed E-state index contributed by atoms with van der Waals surface area (Å²) in [6.07, 6.45) is 2.88. The molecule has 4 rings (SSSR count). The summed E-state index contributed by atoms with van der Waals surface area (Å²) in [5.74, 6) is 2.45. The third-order valence-electron chi connectivity index (χ3n) is 4.84. The number of anilines is 1. The van der Waals surface area contributed by atoms with E-state index in [0.29, 0.717) is 18.1 Å². The van der Waals surface area contributed by atoms with Crippen molar-refractivity contribution in [3.63, 3.8) is 0 Å². The molecule has 7 heteroatoms. The van der Waals surface area contributed by atoms with Crippen molar-refractivity contribution in [3.05, 3.63) is 72.2 Å². The number of hydrogen-bond donors (Lipinski definition) is 0. The summed E-state index contributed by atoms with van der Waals surface area (Å²) in [5, 5.41) is 0.677. The molecular weight excluding hydrogens is 428 g/mol. The fraction of sp³-hybridized carbons (Fsp3) is 0.250. The Morgan fingerprint density at radius 2 is 2.03 bits per heavy atom. The summed E-state index contributed by atoms with van der Waals surface area (Å²) in [4.78, 5) is 20.8. The number of thioether (sulfide) groups is 1. The van der Waals surface area contributed by atoms with Gasteiger partial charge in [0.15, 0.2) is 5.13 Å². The second-order valence-electron chi connectivity index (χ2n) is 7.15. The Hall–Kier alpha value is -2.77. The SMILES string of the molecule is COc1ccc2nc(N(Cc3ccco3)C(=O)CCCSc3ccc(C)cc3)sc2c1. The smallest absolute Gasteiger partial charge is 0.229 e. The summed E-state index contributed by atoms with van der Waals surface area (Å²) in [7, 11) is 1.64. The summed E-state index contributed by atoms with van der Waals surface area (Å²) in [5.41, 5.74) is 2.11. The van der Waals surface area contributed by atoms with Crippen LogP contribution in [0.2, 0.25) is 0 Å². The molecule has 0 spiro atoms. The normalized spacial score (nSPS) is 11.0. The molecule has 2 aromatic heterocycles. The van der Waals surface area contributed by atoms with Crippen molar-refractivity contribution in [3.8, 4) is 5.75 Å². The first-order valence-electron chi connectivity index (χ1n) is 10.1. The molecule has 4 aromatic rings. The van der Waals surface area contributed by atoms with Crippen molar-refractivity contribution in [2.45, 2.75) is 31.2 Å². The number of hydrogen-bond acceptors (Lipinski definition) is 6. The van der Waals surface area contributed by atoms with Gasteiger partial charge < -0.3 is 9.15 Å². The molecule has 5 nitrogen and oxygen atoms in total. The number of ether oxygens (including phenoxy) is 1. The van der Waals surface area contributed by atoms with E-state index in [-0.39, 0.29) is 5.91 Å². The summed E-state index contributed by atoms with van der Waals surface area (Å²) < 4.78 is 11.8. The Morgan fingerprint density at radius 3 is 2.77 bits per heavy atom. The molecule has 1 amide bonds. The molecule has 2 heterocycles. The third kappa shape index (κ3) is 5.48. The molecule has 0 atom stereocenters. The number of thiazole rings is 1. The zero-order chi connectivity index (χ0) is 21.6. The van der Waals surface area contributed by atoms with Gasteiger partial charge in [0.1, 0.15) is 11.5 Å². The van der Waals surface area contributed by atoms with Gasteiger partial charge in [-0.1, -0.05) is 29.0 Å². The van der Waals surface area contributed by atoms with Crippen LogP contribution in [0.15, 0.2) is 70.2 Å². The predicted octanol–water partition coefficient (Wildman–Crippen LogP) is 6.31. The molecule has 0 radical (unpaired) electrons. The molecule has 0 aliphatic carbocycles. The Labute approximate surface area is 190 Å². The number of methoxy groups -OCH3 is 1. The van der Waals surface area contributed by atoms with Crippen LogP contribution in [0.1, 0.15) is 24.2 Å². The topological polar surface area (TPSA) is 55.6 Å².